The molecule has 3 aromatic carbocycles. The molecule has 0 spiro atoms. The number of aliphatic imine (C=N–C) groups is 1. The Bertz CT molecular complexity index is 1120. The molecule has 1 heterocycles. The molecule has 0 saturated carbocycles. The van der Waals surface area contributed by atoms with Crippen molar-refractivity contribution in [2.24, 2.45) is 4.99 Å². The van der Waals surface area contributed by atoms with Crippen LogP contribution in [0, 0.1) is 17.1 Å². The van der Waals surface area contributed by atoms with Crippen molar-refractivity contribution < 1.29 is 9.18 Å². The van der Waals surface area contributed by atoms with Gasteiger partial charge in [-0.1, -0.05) is 42.5 Å². The van der Waals surface area contributed by atoms with Crippen LogP contribution in [-0.2, 0) is 5.54 Å². The number of carbonyl (C=O) groups is 1. The summed E-state index contributed by atoms with van der Waals surface area (Å²) in [7, 11) is 0. The van der Waals surface area contributed by atoms with Crippen molar-refractivity contribution in [1.29, 1.82) is 5.26 Å². The molecule has 1 atom stereocenters. The van der Waals surface area contributed by atoms with Gasteiger partial charge in [-0.15, -0.1) is 0 Å². The van der Waals surface area contributed by atoms with E-state index in [4.69, 9.17) is 5.26 Å². The fourth-order valence-electron chi connectivity index (χ4n) is 3.48. The van der Waals surface area contributed by atoms with Gasteiger partial charge in [-0.25, -0.2) is 4.39 Å². The maximum Gasteiger partial charge on any atom is 0.150 e. The highest BCUT2D eigenvalue weighted by molar-refractivity contribution is 6.01. The zero-order valence-corrected chi connectivity index (χ0v) is 14.9. The standard InChI is InChI=1S/C23H16FN3O/c24-21-9-7-19(8-10-21)23(20-6-2-4-17(12-20)14-28)15-26-22(27-23)18-5-1-3-16(11-18)13-25/h1-12,14H,15H2,(H,26,27). The molecule has 0 aliphatic carbocycles. The Morgan fingerprint density at radius 1 is 1.04 bits per heavy atom. The fourth-order valence-corrected chi connectivity index (χ4v) is 3.48. The highest BCUT2D eigenvalue weighted by Crippen LogP contribution is 2.34. The molecule has 1 N–H and O–H groups in total. The molecule has 0 radical (unpaired) electrons. The van der Waals surface area contributed by atoms with E-state index in [1.54, 1.807) is 30.3 Å². The van der Waals surface area contributed by atoms with Crippen LogP contribution < -0.4 is 5.32 Å². The summed E-state index contributed by atoms with van der Waals surface area (Å²) in [6.45, 7) is 0.382. The van der Waals surface area contributed by atoms with E-state index in [0.29, 0.717) is 23.5 Å². The first-order valence-electron chi connectivity index (χ1n) is 8.79. The summed E-state index contributed by atoms with van der Waals surface area (Å²) in [5.74, 6) is 0.333. The van der Waals surface area contributed by atoms with Crippen LogP contribution in [0.4, 0.5) is 4.39 Å². The van der Waals surface area contributed by atoms with Crippen molar-refractivity contribution in [2.45, 2.75) is 5.54 Å². The van der Waals surface area contributed by atoms with E-state index in [0.717, 1.165) is 23.0 Å². The summed E-state index contributed by atoms with van der Waals surface area (Å²) in [4.78, 5) is 16.0. The summed E-state index contributed by atoms with van der Waals surface area (Å²) < 4.78 is 13.5. The molecule has 1 unspecified atom stereocenters. The molecule has 1 aliphatic rings. The van der Waals surface area contributed by atoms with Crippen LogP contribution >= 0.6 is 0 Å². The second kappa shape index (κ2) is 7.09. The number of nitriles is 1. The van der Waals surface area contributed by atoms with Gasteiger partial charge in [-0.2, -0.15) is 5.26 Å². The highest BCUT2D eigenvalue weighted by atomic mass is 19.1. The van der Waals surface area contributed by atoms with Crippen LogP contribution in [0.25, 0.3) is 0 Å². The lowest BCUT2D eigenvalue weighted by atomic mass is 9.82. The van der Waals surface area contributed by atoms with E-state index in [2.05, 4.69) is 16.4 Å². The largest absolute Gasteiger partial charge is 0.355 e. The maximum absolute atomic E-state index is 13.5. The predicted molar refractivity (Wildman–Crippen MR) is 105 cm³/mol. The third kappa shape index (κ3) is 3.06. The van der Waals surface area contributed by atoms with Crippen LogP contribution in [0.1, 0.15) is 32.6 Å². The van der Waals surface area contributed by atoms with Crippen molar-refractivity contribution in [2.75, 3.05) is 6.54 Å². The lowest BCUT2D eigenvalue weighted by Crippen LogP contribution is -2.44. The Kier molecular flexibility index (Phi) is 4.46. The Morgan fingerprint density at radius 2 is 1.82 bits per heavy atom. The molecule has 28 heavy (non-hydrogen) atoms. The van der Waals surface area contributed by atoms with E-state index in [9.17, 15) is 9.18 Å². The van der Waals surface area contributed by atoms with Crippen molar-refractivity contribution in [3.05, 3.63) is 106 Å². The van der Waals surface area contributed by atoms with Gasteiger partial charge in [0.1, 0.15) is 23.5 Å². The van der Waals surface area contributed by atoms with Gasteiger partial charge in [0.25, 0.3) is 0 Å². The number of rotatable bonds is 4. The molecule has 4 nitrogen and oxygen atoms in total. The van der Waals surface area contributed by atoms with Crippen LogP contribution in [-0.4, -0.2) is 18.7 Å². The average Bonchev–Trinajstić information content (AvgIpc) is 3.21. The SMILES string of the molecule is N#Cc1cccc(C2=NCC(c3ccc(F)cc3)(c3cccc(C=O)c3)N2)c1. The summed E-state index contributed by atoms with van der Waals surface area (Å²) in [6.07, 6.45) is 0.801. The quantitative estimate of drug-likeness (QED) is 0.712. The van der Waals surface area contributed by atoms with Crippen molar-refractivity contribution in [3.63, 3.8) is 0 Å². The number of benzene rings is 3. The van der Waals surface area contributed by atoms with Crippen LogP contribution in [0.2, 0.25) is 0 Å². The predicted octanol–water partition coefficient (Wildman–Crippen LogP) is 3.80. The molecule has 4 rings (SSSR count). The molecule has 0 fully saturated rings. The summed E-state index contributed by atoms with van der Waals surface area (Å²) >= 11 is 0. The number of aldehydes is 1. The van der Waals surface area contributed by atoms with Gasteiger partial charge in [0.05, 0.1) is 18.2 Å². The third-order valence-corrected chi connectivity index (χ3v) is 4.92. The topological polar surface area (TPSA) is 65.2 Å². The lowest BCUT2D eigenvalue weighted by Gasteiger charge is -2.31. The third-order valence-electron chi connectivity index (χ3n) is 4.92. The smallest absolute Gasteiger partial charge is 0.150 e. The Labute approximate surface area is 162 Å². The van der Waals surface area contributed by atoms with E-state index in [1.165, 1.54) is 12.1 Å². The number of hydrogen-bond donors (Lipinski definition) is 1. The Balaban J connectivity index is 1.81. The number of amidine groups is 1. The highest BCUT2D eigenvalue weighted by Gasteiger charge is 2.39. The summed E-state index contributed by atoms with van der Waals surface area (Å²) in [5.41, 5.74) is 2.87. The van der Waals surface area contributed by atoms with Crippen molar-refractivity contribution in [3.8, 4) is 6.07 Å². The molecule has 1 aliphatic heterocycles. The molecular weight excluding hydrogens is 353 g/mol. The summed E-state index contributed by atoms with van der Waals surface area (Å²) in [6, 6.07) is 22.9. The zero-order chi connectivity index (χ0) is 19.6. The zero-order valence-electron chi connectivity index (χ0n) is 14.9. The molecule has 136 valence electrons. The maximum atomic E-state index is 13.5. The number of hydrogen-bond acceptors (Lipinski definition) is 4. The van der Waals surface area contributed by atoms with Gasteiger partial charge >= 0.3 is 0 Å². The van der Waals surface area contributed by atoms with Gasteiger partial charge in [0.2, 0.25) is 0 Å². The molecule has 0 bridgehead atoms. The summed E-state index contributed by atoms with van der Waals surface area (Å²) in [5, 5.41) is 12.6. The van der Waals surface area contributed by atoms with E-state index in [1.807, 2.05) is 30.3 Å². The first-order valence-corrected chi connectivity index (χ1v) is 8.79. The molecular formula is C23H16FN3O. The first kappa shape index (κ1) is 17.6. The minimum atomic E-state index is -0.731. The van der Waals surface area contributed by atoms with Gasteiger partial charge in [-0.05, 0) is 41.5 Å². The van der Waals surface area contributed by atoms with Crippen LogP contribution in [0.3, 0.4) is 0 Å². The number of carbonyl (C=O) groups excluding carboxylic acids is 1. The van der Waals surface area contributed by atoms with E-state index < -0.39 is 5.54 Å². The van der Waals surface area contributed by atoms with Gasteiger partial charge < -0.3 is 5.32 Å². The van der Waals surface area contributed by atoms with Crippen molar-refractivity contribution >= 4 is 12.1 Å². The lowest BCUT2D eigenvalue weighted by molar-refractivity contribution is 0.112. The average molecular weight is 369 g/mol. The number of nitrogens with one attached hydrogen (secondary N) is 1. The van der Waals surface area contributed by atoms with Gasteiger partial charge in [-0.3, -0.25) is 9.79 Å². The molecule has 0 aromatic heterocycles. The monoisotopic (exact) mass is 369 g/mol. The minimum Gasteiger partial charge on any atom is -0.355 e. The van der Waals surface area contributed by atoms with E-state index in [-0.39, 0.29) is 5.82 Å². The van der Waals surface area contributed by atoms with Crippen LogP contribution in [0.15, 0.2) is 77.8 Å². The van der Waals surface area contributed by atoms with Gasteiger partial charge in [0, 0.05) is 11.1 Å². The molecule has 3 aromatic rings. The van der Waals surface area contributed by atoms with E-state index >= 15 is 0 Å². The Hall–Kier alpha value is -3.78. The normalized spacial score (nSPS) is 18.1. The molecule has 0 saturated heterocycles. The molecule has 5 heteroatoms. The second-order valence-corrected chi connectivity index (χ2v) is 6.64. The number of halogens is 1. The van der Waals surface area contributed by atoms with Crippen LogP contribution in [0.5, 0.6) is 0 Å². The molecule has 0 amide bonds. The first-order chi connectivity index (χ1) is 13.6. The number of nitrogens with zero attached hydrogens (tertiary/aromatic N) is 2. The fraction of sp³-hybridized carbons (Fsp3) is 0.0870. The van der Waals surface area contributed by atoms with Crippen molar-refractivity contribution in [1.82, 2.24) is 5.32 Å². The second-order valence-electron chi connectivity index (χ2n) is 6.64. The Morgan fingerprint density at radius 3 is 2.57 bits per heavy atom. The minimum absolute atomic E-state index is 0.318. The van der Waals surface area contributed by atoms with Gasteiger partial charge in [0.15, 0.2) is 0 Å².